The molecule has 0 aliphatic carbocycles. The lowest BCUT2D eigenvalue weighted by Gasteiger charge is -2.20. The van der Waals surface area contributed by atoms with Gasteiger partial charge >= 0.3 is 0 Å². The third kappa shape index (κ3) is 1.85. The first-order chi connectivity index (χ1) is 7.83. The smallest absolute Gasteiger partial charge is 0.167 e. The Bertz CT molecular complexity index is 370. The zero-order valence-electron chi connectivity index (χ0n) is 9.39. The Hall–Kier alpha value is -0.940. The molecule has 5 nitrogen and oxygen atoms in total. The highest BCUT2D eigenvalue weighted by Crippen LogP contribution is 2.22. The summed E-state index contributed by atoms with van der Waals surface area (Å²) in [5.41, 5.74) is 0. The predicted octanol–water partition coefficient (Wildman–Crippen LogP) is 0.400. The topological polar surface area (TPSA) is 63.0 Å². The fourth-order valence-electron chi connectivity index (χ4n) is 2.53. The second kappa shape index (κ2) is 4.14. The lowest BCUT2D eigenvalue weighted by Crippen LogP contribution is -2.28. The van der Waals surface area contributed by atoms with Crippen LogP contribution < -0.4 is 5.32 Å². The fourth-order valence-corrected chi connectivity index (χ4v) is 2.53. The summed E-state index contributed by atoms with van der Waals surface area (Å²) in [7, 11) is 0. The molecule has 2 atom stereocenters. The lowest BCUT2D eigenvalue weighted by atomic mass is 10.0. The van der Waals surface area contributed by atoms with Gasteiger partial charge in [0, 0.05) is 6.42 Å². The molecule has 2 N–H and O–H groups in total. The van der Waals surface area contributed by atoms with E-state index in [9.17, 15) is 5.11 Å². The standard InChI is InChI=1S/C11H18N4O/c16-8-4-5-10-13-11(14-15(10)7-8)9-3-1-2-6-12-9/h8-9,12,16H,1-7H2. The Morgan fingerprint density at radius 3 is 3.06 bits per heavy atom. The minimum Gasteiger partial charge on any atom is -0.391 e. The number of rotatable bonds is 1. The molecule has 1 saturated heterocycles. The Morgan fingerprint density at radius 2 is 2.25 bits per heavy atom. The molecule has 2 unspecified atom stereocenters. The van der Waals surface area contributed by atoms with Gasteiger partial charge in [0.25, 0.3) is 0 Å². The van der Waals surface area contributed by atoms with E-state index in [0.717, 1.165) is 37.5 Å². The van der Waals surface area contributed by atoms with Crippen LogP contribution in [0.25, 0.3) is 0 Å². The van der Waals surface area contributed by atoms with Crippen LogP contribution in [0.1, 0.15) is 43.4 Å². The van der Waals surface area contributed by atoms with E-state index in [0.29, 0.717) is 12.6 Å². The second-order valence-corrected chi connectivity index (χ2v) is 4.76. The van der Waals surface area contributed by atoms with Crippen LogP contribution in [0, 0.1) is 0 Å². The molecule has 16 heavy (non-hydrogen) atoms. The molecule has 2 aliphatic heterocycles. The maximum absolute atomic E-state index is 9.57. The highest BCUT2D eigenvalue weighted by Gasteiger charge is 2.24. The van der Waals surface area contributed by atoms with Gasteiger partial charge in [0.2, 0.25) is 0 Å². The molecule has 0 radical (unpaired) electrons. The Kier molecular flexibility index (Phi) is 2.65. The summed E-state index contributed by atoms with van der Waals surface area (Å²) in [6, 6.07) is 0.323. The number of nitrogens with zero attached hydrogens (tertiary/aromatic N) is 3. The maximum Gasteiger partial charge on any atom is 0.167 e. The molecule has 0 saturated carbocycles. The van der Waals surface area contributed by atoms with Gasteiger partial charge in [0.05, 0.1) is 18.7 Å². The van der Waals surface area contributed by atoms with Gasteiger partial charge in [-0.1, -0.05) is 6.42 Å². The monoisotopic (exact) mass is 222 g/mol. The van der Waals surface area contributed by atoms with Crippen LogP contribution in [-0.4, -0.2) is 32.5 Å². The molecule has 0 spiro atoms. The summed E-state index contributed by atoms with van der Waals surface area (Å²) in [6.45, 7) is 1.67. The minimum absolute atomic E-state index is 0.249. The Balaban J connectivity index is 1.80. The molecular weight excluding hydrogens is 204 g/mol. The van der Waals surface area contributed by atoms with Crippen molar-refractivity contribution in [2.75, 3.05) is 6.54 Å². The number of hydrogen-bond acceptors (Lipinski definition) is 4. The summed E-state index contributed by atoms with van der Waals surface area (Å²) in [4.78, 5) is 4.59. The van der Waals surface area contributed by atoms with Crippen molar-refractivity contribution < 1.29 is 5.11 Å². The van der Waals surface area contributed by atoms with Crippen molar-refractivity contribution in [2.24, 2.45) is 0 Å². The van der Waals surface area contributed by atoms with Crippen LogP contribution in [0.15, 0.2) is 0 Å². The van der Waals surface area contributed by atoms with Crippen molar-refractivity contribution in [3.8, 4) is 0 Å². The Labute approximate surface area is 94.9 Å². The summed E-state index contributed by atoms with van der Waals surface area (Å²) < 4.78 is 1.87. The molecule has 88 valence electrons. The van der Waals surface area contributed by atoms with Crippen LogP contribution >= 0.6 is 0 Å². The average Bonchev–Trinajstić information content (AvgIpc) is 2.73. The Morgan fingerprint density at radius 1 is 1.31 bits per heavy atom. The number of aromatic nitrogens is 3. The van der Waals surface area contributed by atoms with E-state index < -0.39 is 0 Å². The quantitative estimate of drug-likeness (QED) is 0.722. The van der Waals surface area contributed by atoms with E-state index >= 15 is 0 Å². The zero-order valence-corrected chi connectivity index (χ0v) is 9.39. The van der Waals surface area contributed by atoms with E-state index in [2.05, 4.69) is 15.4 Å². The molecule has 0 amide bonds. The van der Waals surface area contributed by atoms with Crippen molar-refractivity contribution in [3.63, 3.8) is 0 Å². The average molecular weight is 222 g/mol. The number of aliphatic hydroxyl groups excluding tert-OH is 1. The minimum atomic E-state index is -0.249. The van der Waals surface area contributed by atoms with Gasteiger partial charge in [-0.05, 0) is 25.8 Å². The first-order valence-corrected chi connectivity index (χ1v) is 6.18. The van der Waals surface area contributed by atoms with E-state index in [1.54, 1.807) is 0 Å². The lowest BCUT2D eigenvalue weighted by molar-refractivity contribution is 0.124. The molecule has 5 heteroatoms. The zero-order chi connectivity index (χ0) is 11.0. The molecule has 1 aromatic heterocycles. The molecule has 1 aromatic rings. The van der Waals surface area contributed by atoms with Crippen molar-refractivity contribution in [1.29, 1.82) is 0 Å². The normalized spacial score (nSPS) is 30.1. The first kappa shape index (κ1) is 10.2. The fraction of sp³-hybridized carbons (Fsp3) is 0.818. The van der Waals surface area contributed by atoms with Crippen molar-refractivity contribution in [3.05, 3.63) is 11.6 Å². The summed E-state index contributed by atoms with van der Waals surface area (Å²) in [6.07, 6.45) is 5.05. The predicted molar refractivity (Wildman–Crippen MR) is 58.9 cm³/mol. The van der Waals surface area contributed by atoms with Gasteiger partial charge in [-0.2, -0.15) is 5.10 Å². The second-order valence-electron chi connectivity index (χ2n) is 4.76. The molecular formula is C11H18N4O. The number of fused-ring (bicyclic) bond motifs is 1. The van der Waals surface area contributed by atoms with E-state index in [1.165, 1.54) is 12.8 Å². The number of aliphatic hydroxyl groups is 1. The molecule has 0 bridgehead atoms. The number of piperidine rings is 1. The van der Waals surface area contributed by atoms with Gasteiger partial charge in [0.15, 0.2) is 5.82 Å². The number of hydrogen-bond donors (Lipinski definition) is 2. The van der Waals surface area contributed by atoms with Gasteiger partial charge in [0.1, 0.15) is 5.82 Å². The van der Waals surface area contributed by atoms with Crippen LogP contribution in [0.5, 0.6) is 0 Å². The van der Waals surface area contributed by atoms with Crippen LogP contribution in [0.3, 0.4) is 0 Å². The summed E-state index contributed by atoms with van der Waals surface area (Å²) in [5, 5.41) is 17.5. The van der Waals surface area contributed by atoms with Crippen LogP contribution in [0.2, 0.25) is 0 Å². The maximum atomic E-state index is 9.57. The van der Waals surface area contributed by atoms with Crippen LogP contribution in [0.4, 0.5) is 0 Å². The molecule has 3 rings (SSSR count). The van der Waals surface area contributed by atoms with Crippen molar-refractivity contribution >= 4 is 0 Å². The first-order valence-electron chi connectivity index (χ1n) is 6.18. The molecule has 2 aliphatic rings. The summed E-state index contributed by atoms with van der Waals surface area (Å²) >= 11 is 0. The highest BCUT2D eigenvalue weighted by molar-refractivity contribution is 5.02. The molecule has 1 fully saturated rings. The van der Waals surface area contributed by atoms with Crippen LogP contribution in [-0.2, 0) is 13.0 Å². The van der Waals surface area contributed by atoms with Gasteiger partial charge in [-0.15, -0.1) is 0 Å². The SMILES string of the molecule is OC1CCc2nc(C3CCCCN3)nn2C1. The number of aryl methyl sites for hydroxylation is 1. The van der Waals surface area contributed by atoms with Gasteiger partial charge < -0.3 is 10.4 Å². The van der Waals surface area contributed by atoms with Gasteiger partial charge in [-0.25, -0.2) is 9.67 Å². The number of nitrogens with one attached hydrogen (secondary N) is 1. The molecule has 0 aromatic carbocycles. The third-order valence-electron chi connectivity index (χ3n) is 3.47. The van der Waals surface area contributed by atoms with E-state index in [4.69, 9.17) is 0 Å². The van der Waals surface area contributed by atoms with E-state index in [-0.39, 0.29) is 6.10 Å². The molecule has 3 heterocycles. The largest absolute Gasteiger partial charge is 0.391 e. The van der Waals surface area contributed by atoms with Crippen molar-refractivity contribution in [2.45, 2.75) is 50.8 Å². The van der Waals surface area contributed by atoms with Crippen molar-refractivity contribution in [1.82, 2.24) is 20.1 Å². The van der Waals surface area contributed by atoms with E-state index in [1.807, 2.05) is 4.68 Å². The van der Waals surface area contributed by atoms with Gasteiger partial charge in [-0.3, -0.25) is 0 Å². The third-order valence-corrected chi connectivity index (χ3v) is 3.47. The summed E-state index contributed by atoms with van der Waals surface area (Å²) in [5.74, 6) is 1.96. The highest BCUT2D eigenvalue weighted by atomic mass is 16.3.